The SMILES string of the molecule is CCCN(CCC)C(C)C(=O)Nc1cc(N)ccc1C. The number of hydrogen-bond acceptors (Lipinski definition) is 3. The van der Waals surface area contributed by atoms with Crippen LogP contribution in [0.25, 0.3) is 0 Å². The maximum absolute atomic E-state index is 12.4. The minimum Gasteiger partial charge on any atom is -0.399 e. The molecule has 3 N–H and O–H groups in total. The second kappa shape index (κ2) is 7.90. The zero-order valence-corrected chi connectivity index (χ0v) is 13.1. The molecule has 1 atom stereocenters. The highest BCUT2D eigenvalue weighted by molar-refractivity contribution is 5.95. The number of nitrogens with zero attached hydrogens (tertiary/aromatic N) is 1. The van der Waals surface area contributed by atoms with E-state index in [4.69, 9.17) is 5.73 Å². The van der Waals surface area contributed by atoms with E-state index in [1.165, 1.54) is 0 Å². The molecule has 0 aliphatic carbocycles. The average molecular weight is 277 g/mol. The van der Waals surface area contributed by atoms with Crippen LogP contribution in [-0.2, 0) is 4.79 Å². The fourth-order valence-corrected chi connectivity index (χ4v) is 2.25. The third kappa shape index (κ3) is 4.53. The maximum Gasteiger partial charge on any atom is 0.241 e. The van der Waals surface area contributed by atoms with Gasteiger partial charge in [0.05, 0.1) is 6.04 Å². The van der Waals surface area contributed by atoms with Gasteiger partial charge >= 0.3 is 0 Å². The molecule has 20 heavy (non-hydrogen) atoms. The van der Waals surface area contributed by atoms with Crippen molar-refractivity contribution in [3.05, 3.63) is 23.8 Å². The van der Waals surface area contributed by atoms with Gasteiger partial charge in [-0.2, -0.15) is 0 Å². The molecule has 1 aromatic rings. The zero-order valence-electron chi connectivity index (χ0n) is 13.1. The molecule has 1 unspecified atom stereocenters. The lowest BCUT2D eigenvalue weighted by Crippen LogP contribution is -2.42. The van der Waals surface area contributed by atoms with Crippen molar-refractivity contribution in [3.8, 4) is 0 Å². The lowest BCUT2D eigenvalue weighted by atomic mass is 10.1. The summed E-state index contributed by atoms with van der Waals surface area (Å²) >= 11 is 0. The largest absolute Gasteiger partial charge is 0.399 e. The van der Waals surface area contributed by atoms with Crippen molar-refractivity contribution in [1.82, 2.24) is 4.90 Å². The van der Waals surface area contributed by atoms with Gasteiger partial charge in [0, 0.05) is 11.4 Å². The highest BCUT2D eigenvalue weighted by atomic mass is 16.2. The van der Waals surface area contributed by atoms with E-state index in [1.54, 1.807) is 0 Å². The summed E-state index contributed by atoms with van der Waals surface area (Å²) < 4.78 is 0. The minimum absolute atomic E-state index is 0.0283. The first-order valence-corrected chi connectivity index (χ1v) is 7.40. The van der Waals surface area contributed by atoms with E-state index in [2.05, 4.69) is 24.1 Å². The number of aryl methyl sites for hydroxylation is 1. The summed E-state index contributed by atoms with van der Waals surface area (Å²) in [5.41, 5.74) is 8.26. The molecule has 0 bridgehead atoms. The Balaban J connectivity index is 2.75. The highest BCUT2D eigenvalue weighted by Crippen LogP contribution is 2.18. The van der Waals surface area contributed by atoms with Gasteiger partial charge in [0.2, 0.25) is 5.91 Å². The van der Waals surface area contributed by atoms with Crippen LogP contribution in [0.1, 0.15) is 39.2 Å². The second-order valence-electron chi connectivity index (χ2n) is 5.28. The Morgan fingerprint density at radius 1 is 1.30 bits per heavy atom. The van der Waals surface area contributed by atoms with Crippen molar-refractivity contribution >= 4 is 17.3 Å². The molecule has 1 aromatic carbocycles. The van der Waals surface area contributed by atoms with Crippen LogP contribution in [0, 0.1) is 6.92 Å². The standard InChI is InChI=1S/C16H27N3O/c1-5-9-19(10-6-2)13(4)16(20)18-15-11-14(17)8-7-12(15)3/h7-8,11,13H,5-6,9-10,17H2,1-4H3,(H,18,20). The molecule has 0 radical (unpaired) electrons. The van der Waals surface area contributed by atoms with Crippen molar-refractivity contribution in [3.63, 3.8) is 0 Å². The van der Waals surface area contributed by atoms with Crippen LogP contribution in [0.4, 0.5) is 11.4 Å². The van der Waals surface area contributed by atoms with E-state index < -0.39 is 0 Å². The van der Waals surface area contributed by atoms with Crippen molar-refractivity contribution in [2.24, 2.45) is 0 Å². The molecule has 0 aliphatic rings. The van der Waals surface area contributed by atoms with E-state index in [0.29, 0.717) is 5.69 Å². The number of rotatable bonds is 7. The number of nitrogens with two attached hydrogens (primary N) is 1. The monoisotopic (exact) mass is 277 g/mol. The predicted octanol–water partition coefficient (Wildman–Crippen LogP) is 3.03. The van der Waals surface area contributed by atoms with Gasteiger partial charge in [-0.25, -0.2) is 0 Å². The maximum atomic E-state index is 12.4. The van der Waals surface area contributed by atoms with Crippen molar-refractivity contribution in [1.29, 1.82) is 0 Å². The van der Waals surface area contributed by atoms with Crippen LogP contribution in [0.5, 0.6) is 0 Å². The van der Waals surface area contributed by atoms with E-state index in [0.717, 1.165) is 37.2 Å². The van der Waals surface area contributed by atoms with Gasteiger partial charge in [-0.05, 0) is 57.5 Å². The summed E-state index contributed by atoms with van der Waals surface area (Å²) in [4.78, 5) is 14.6. The Morgan fingerprint density at radius 3 is 2.45 bits per heavy atom. The molecule has 0 spiro atoms. The molecular formula is C16H27N3O. The van der Waals surface area contributed by atoms with E-state index in [9.17, 15) is 4.79 Å². The molecule has 0 aromatic heterocycles. The summed E-state index contributed by atoms with van der Waals surface area (Å²) in [6.45, 7) is 10.1. The van der Waals surface area contributed by atoms with Crippen LogP contribution in [-0.4, -0.2) is 29.9 Å². The topological polar surface area (TPSA) is 58.4 Å². The van der Waals surface area contributed by atoms with Gasteiger partial charge in [0.15, 0.2) is 0 Å². The smallest absolute Gasteiger partial charge is 0.241 e. The minimum atomic E-state index is -0.129. The molecule has 1 amide bonds. The second-order valence-corrected chi connectivity index (χ2v) is 5.28. The molecule has 0 heterocycles. The number of nitrogen functional groups attached to an aromatic ring is 1. The van der Waals surface area contributed by atoms with Crippen molar-refractivity contribution in [2.75, 3.05) is 24.1 Å². The fraction of sp³-hybridized carbons (Fsp3) is 0.562. The average Bonchev–Trinajstić information content (AvgIpc) is 2.41. The summed E-state index contributed by atoms with van der Waals surface area (Å²) in [7, 11) is 0. The Bertz CT molecular complexity index is 439. The molecule has 0 fully saturated rings. The van der Waals surface area contributed by atoms with Gasteiger partial charge in [0.25, 0.3) is 0 Å². The molecule has 0 saturated heterocycles. The summed E-state index contributed by atoms with van der Waals surface area (Å²) in [5, 5.41) is 2.99. The van der Waals surface area contributed by atoms with Crippen LogP contribution in [0.3, 0.4) is 0 Å². The Labute approximate surface area is 122 Å². The number of amides is 1. The third-order valence-electron chi connectivity index (χ3n) is 3.47. The number of carbonyl (C=O) groups is 1. The van der Waals surface area contributed by atoms with Crippen LogP contribution in [0.2, 0.25) is 0 Å². The number of anilines is 2. The van der Waals surface area contributed by atoms with Crippen LogP contribution >= 0.6 is 0 Å². The molecule has 112 valence electrons. The molecule has 4 nitrogen and oxygen atoms in total. The lowest BCUT2D eigenvalue weighted by Gasteiger charge is -2.27. The summed E-state index contributed by atoms with van der Waals surface area (Å²) in [6, 6.07) is 5.44. The summed E-state index contributed by atoms with van der Waals surface area (Å²) in [6.07, 6.45) is 2.10. The molecular weight excluding hydrogens is 250 g/mol. The number of carbonyl (C=O) groups excluding carboxylic acids is 1. The third-order valence-corrected chi connectivity index (χ3v) is 3.47. The van der Waals surface area contributed by atoms with Crippen LogP contribution < -0.4 is 11.1 Å². The van der Waals surface area contributed by atoms with E-state index in [1.807, 2.05) is 32.0 Å². The molecule has 1 rings (SSSR count). The first kappa shape index (κ1) is 16.5. The molecule has 4 heteroatoms. The van der Waals surface area contributed by atoms with Gasteiger partial charge < -0.3 is 11.1 Å². The zero-order chi connectivity index (χ0) is 15.1. The highest BCUT2D eigenvalue weighted by Gasteiger charge is 2.20. The van der Waals surface area contributed by atoms with E-state index in [-0.39, 0.29) is 11.9 Å². The Kier molecular flexibility index (Phi) is 6.52. The Morgan fingerprint density at radius 2 is 1.90 bits per heavy atom. The molecule has 0 aliphatic heterocycles. The first-order chi connectivity index (χ1) is 9.49. The number of benzene rings is 1. The predicted molar refractivity (Wildman–Crippen MR) is 85.8 cm³/mol. The van der Waals surface area contributed by atoms with Crippen molar-refractivity contribution in [2.45, 2.75) is 46.6 Å². The normalized spacial score (nSPS) is 12.4. The quantitative estimate of drug-likeness (QED) is 0.753. The van der Waals surface area contributed by atoms with Gasteiger partial charge in [0.1, 0.15) is 0 Å². The molecule has 0 saturated carbocycles. The van der Waals surface area contributed by atoms with Crippen molar-refractivity contribution < 1.29 is 4.79 Å². The lowest BCUT2D eigenvalue weighted by molar-refractivity contribution is -0.120. The van der Waals surface area contributed by atoms with E-state index >= 15 is 0 Å². The Hall–Kier alpha value is -1.55. The van der Waals surface area contributed by atoms with Gasteiger partial charge in [-0.15, -0.1) is 0 Å². The summed E-state index contributed by atoms with van der Waals surface area (Å²) in [5.74, 6) is 0.0283. The van der Waals surface area contributed by atoms with Gasteiger partial charge in [-0.1, -0.05) is 19.9 Å². The van der Waals surface area contributed by atoms with Crippen LogP contribution in [0.15, 0.2) is 18.2 Å². The number of hydrogen-bond donors (Lipinski definition) is 2. The fourth-order valence-electron chi connectivity index (χ4n) is 2.25. The van der Waals surface area contributed by atoms with Gasteiger partial charge in [-0.3, -0.25) is 9.69 Å². The number of nitrogens with one attached hydrogen (secondary N) is 1. The first-order valence-electron chi connectivity index (χ1n) is 7.40.